The van der Waals surface area contributed by atoms with Gasteiger partial charge >= 0.3 is 5.97 Å². The molecule has 1 N–H and O–H groups in total. The minimum atomic E-state index is -0.812. The second kappa shape index (κ2) is 9.76. The molecule has 1 aliphatic rings. The van der Waals surface area contributed by atoms with E-state index >= 15 is 0 Å². The number of esters is 1. The summed E-state index contributed by atoms with van der Waals surface area (Å²) in [5, 5.41) is 12.5. The van der Waals surface area contributed by atoms with Crippen LogP contribution in [0, 0.1) is 10.1 Å². The molecule has 0 aromatic carbocycles. The molecule has 1 fully saturated rings. The van der Waals surface area contributed by atoms with Crippen LogP contribution in [0.5, 0.6) is 0 Å². The number of carbonyl (C=O) groups is 1. The van der Waals surface area contributed by atoms with E-state index in [4.69, 9.17) is 4.74 Å². The molecule has 1 saturated heterocycles. The van der Waals surface area contributed by atoms with E-state index in [1.807, 2.05) is 0 Å². The predicted molar refractivity (Wildman–Crippen MR) is 83.3 cm³/mol. The van der Waals surface area contributed by atoms with Gasteiger partial charge in [-0.1, -0.05) is 6.42 Å². The molecule has 9 heteroatoms. The number of hydrogen-bond acceptors (Lipinski definition) is 8. The van der Waals surface area contributed by atoms with Crippen LogP contribution in [-0.2, 0) is 14.4 Å². The summed E-state index contributed by atoms with van der Waals surface area (Å²) in [6.07, 6.45) is 6.77. The Morgan fingerprint density at radius 1 is 1.38 bits per heavy atom. The first kappa shape index (κ1) is 18.1. The predicted octanol–water partition coefficient (Wildman–Crippen LogP) is 1.58. The fourth-order valence-electron chi connectivity index (χ4n) is 2.63. The number of carbonyl (C=O) groups excluding carboxylic acids is 1. The SMILES string of the molecule is O=C(CCCCCO[N+](=O)[O-])OC(c1ncccn1)C1CCCN1. The van der Waals surface area contributed by atoms with Gasteiger partial charge in [0.15, 0.2) is 11.9 Å². The van der Waals surface area contributed by atoms with Gasteiger partial charge in [-0.25, -0.2) is 9.97 Å². The Balaban J connectivity index is 1.77. The maximum atomic E-state index is 12.1. The molecule has 2 atom stereocenters. The van der Waals surface area contributed by atoms with E-state index in [9.17, 15) is 14.9 Å². The highest BCUT2D eigenvalue weighted by Crippen LogP contribution is 2.24. The van der Waals surface area contributed by atoms with Crippen molar-refractivity contribution in [3.8, 4) is 0 Å². The molecule has 1 aromatic heterocycles. The first-order chi connectivity index (χ1) is 11.7. The number of nitrogens with one attached hydrogen (secondary N) is 1. The molecule has 1 aromatic rings. The van der Waals surface area contributed by atoms with E-state index in [0.29, 0.717) is 25.1 Å². The highest BCUT2D eigenvalue weighted by atomic mass is 16.9. The number of rotatable bonds is 10. The molecule has 0 saturated carbocycles. The van der Waals surface area contributed by atoms with Gasteiger partial charge in [0.2, 0.25) is 0 Å². The maximum Gasteiger partial charge on any atom is 0.306 e. The Hall–Kier alpha value is -2.29. The summed E-state index contributed by atoms with van der Waals surface area (Å²) in [6, 6.07) is 1.75. The highest BCUT2D eigenvalue weighted by Gasteiger charge is 2.31. The Morgan fingerprint density at radius 3 is 2.83 bits per heavy atom. The first-order valence-corrected chi connectivity index (χ1v) is 8.14. The van der Waals surface area contributed by atoms with Crippen molar-refractivity contribution in [2.24, 2.45) is 0 Å². The van der Waals surface area contributed by atoms with E-state index in [1.165, 1.54) is 0 Å². The molecule has 0 radical (unpaired) electrons. The number of hydrogen-bond donors (Lipinski definition) is 1. The third-order valence-electron chi connectivity index (χ3n) is 3.78. The van der Waals surface area contributed by atoms with Gasteiger partial charge < -0.3 is 14.9 Å². The topological polar surface area (TPSA) is 116 Å². The number of unbranched alkanes of at least 4 members (excludes halogenated alkanes) is 2. The monoisotopic (exact) mass is 338 g/mol. The Bertz CT molecular complexity index is 522. The van der Waals surface area contributed by atoms with Crippen molar-refractivity contribution in [3.05, 3.63) is 34.4 Å². The molecule has 9 nitrogen and oxygen atoms in total. The van der Waals surface area contributed by atoms with E-state index in [1.54, 1.807) is 18.5 Å². The first-order valence-electron chi connectivity index (χ1n) is 8.14. The average Bonchev–Trinajstić information content (AvgIpc) is 3.10. The molecule has 0 amide bonds. The second-order valence-corrected chi connectivity index (χ2v) is 5.59. The zero-order chi connectivity index (χ0) is 17.2. The van der Waals surface area contributed by atoms with Crippen LogP contribution in [0.2, 0.25) is 0 Å². The van der Waals surface area contributed by atoms with Crippen molar-refractivity contribution in [2.45, 2.75) is 50.7 Å². The van der Waals surface area contributed by atoms with Crippen molar-refractivity contribution in [1.29, 1.82) is 0 Å². The van der Waals surface area contributed by atoms with Crippen LogP contribution < -0.4 is 5.32 Å². The molecule has 0 bridgehead atoms. The summed E-state index contributed by atoms with van der Waals surface area (Å²) in [5.41, 5.74) is 0. The summed E-state index contributed by atoms with van der Waals surface area (Å²) >= 11 is 0. The van der Waals surface area contributed by atoms with E-state index < -0.39 is 11.2 Å². The summed E-state index contributed by atoms with van der Waals surface area (Å²) in [6.45, 7) is 0.941. The van der Waals surface area contributed by atoms with Crippen LogP contribution >= 0.6 is 0 Å². The fourth-order valence-corrected chi connectivity index (χ4v) is 2.63. The van der Waals surface area contributed by atoms with Crippen LogP contribution in [-0.4, -0.2) is 40.2 Å². The second-order valence-electron chi connectivity index (χ2n) is 5.59. The van der Waals surface area contributed by atoms with Gasteiger partial charge in [-0.15, -0.1) is 10.1 Å². The lowest BCUT2D eigenvalue weighted by molar-refractivity contribution is -0.757. The molecule has 24 heavy (non-hydrogen) atoms. The van der Waals surface area contributed by atoms with Gasteiger partial charge in [-0.3, -0.25) is 4.79 Å². The van der Waals surface area contributed by atoms with Crippen LogP contribution in [0.4, 0.5) is 0 Å². The van der Waals surface area contributed by atoms with Crippen LogP contribution in [0.15, 0.2) is 18.5 Å². The quantitative estimate of drug-likeness (QED) is 0.296. The number of aromatic nitrogens is 2. The zero-order valence-corrected chi connectivity index (χ0v) is 13.4. The van der Waals surface area contributed by atoms with Gasteiger partial charge in [-0.05, 0) is 38.3 Å². The minimum absolute atomic E-state index is 0.0323. The van der Waals surface area contributed by atoms with Gasteiger partial charge in [0.25, 0.3) is 5.09 Å². The largest absolute Gasteiger partial charge is 0.452 e. The van der Waals surface area contributed by atoms with E-state index in [2.05, 4.69) is 20.1 Å². The molecule has 0 aliphatic carbocycles. The smallest absolute Gasteiger partial charge is 0.306 e. The van der Waals surface area contributed by atoms with Gasteiger partial charge in [0.05, 0.1) is 12.6 Å². The Morgan fingerprint density at radius 2 is 2.17 bits per heavy atom. The number of ether oxygens (including phenoxy) is 1. The fraction of sp³-hybridized carbons (Fsp3) is 0.667. The molecule has 2 rings (SSSR count). The van der Waals surface area contributed by atoms with Crippen molar-refractivity contribution < 1.29 is 19.5 Å². The standard InChI is InChI=1S/C15H22N4O5/c20-13(7-2-1-3-11-23-19(21)22)24-14(12-6-4-8-16-12)15-17-9-5-10-18-15/h5,9-10,12,14,16H,1-4,6-8,11H2. The molecule has 1 aliphatic heterocycles. The Labute approximate surface area is 139 Å². The van der Waals surface area contributed by atoms with E-state index in [0.717, 1.165) is 19.4 Å². The lowest BCUT2D eigenvalue weighted by Crippen LogP contribution is -2.33. The van der Waals surface area contributed by atoms with Crippen molar-refractivity contribution >= 4 is 5.97 Å². The molecule has 0 spiro atoms. The van der Waals surface area contributed by atoms with E-state index in [-0.39, 0.29) is 25.0 Å². The van der Waals surface area contributed by atoms with Crippen molar-refractivity contribution in [3.63, 3.8) is 0 Å². The number of nitrogens with zero attached hydrogens (tertiary/aromatic N) is 3. The maximum absolute atomic E-state index is 12.1. The Kier molecular flexibility index (Phi) is 7.34. The lowest BCUT2D eigenvalue weighted by Gasteiger charge is -2.22. The molecular formula is C15H22N4O5. The summed E-state index contributed by atoms with van der Waals surface area (Å²) in [7, 11) is 0. The molecule has 132 valence electrons. The average molecular weight is 338 g/mol. The van der Waals surface area contributed by atoms with Crippen LogP contribution in [0.3, 0.4) is 0 Å². The zero-order valence-electron chi connectivity index (χ0n) is 13.4. The van der Waals surface area contributed by atoms with Crippen LogP contribution in [0.1, 0.15) is 50.5 Å². The highest BCUT2D eigenvalue weighted by molar-refractivity contribution is 5.69. The van der Waals surface area contributed by atoms with Gasteiger partial charge in [0, 0.05) is 18.8 Å². The van der Waals surface area contributed by atoms with Gasteiger partial charge in [-0.2, -0.15) is 0 Å². The molecular weight excluding hydrogens is 316 g/mol. The molecule has 2 heterocycles. The summed E-state index contributed by atoms with van der Waals surface area (Å²) in [4.78, 5) is 34.7. The minimum Gasteiger partial charge on any atom is -0.452 e. The third-order valence-corrected chi connectivity index (χ3v) is 3.78. The van der Waals surface area contributed by atoms with Crippen molar-refractivity contribution in [1.82, 2.24) is 15.3 Å². The summed E-state index contributed by atoms with van der Waals surface area (Å²) in [5.74, 6) is 0.195. The lowest BCUT2D eigenvalue weighted by atomic mass is 10.1. The van der Waals surface area contributed by atoms with Crippen molar-refractivity contribution in [2.75, 3.05) is 13.2 Å². The molecule has 2 unspecified atom stereocenters. The normalized spacial score (nSPS) is 18.1. The summed E-state index contributed by atoms with van der Waals surface area (Å²) < 4.78 is 5.60. The van der Waals surface area contributed by atoms with Crippen LogP contribution in [0.25, 0.3) is 0 Å². The van der Waals surface area contributed by atoms with Gasteiger partial charge in [0.1, 0.15) is 0 Å². The third kappa shape index (κ3) is 6.07.